The first-order chi connectivity index (χ1) is 9.21. The molecule has 20 heavy (non-hydrogen) atoms. The predicted octanol–water partition coefficient (Wildman–Crippen LogP) is 3.53. The average molecular weight is 272 g/mol. The molecule has 0 bridgehead atoms. The van der Waals surface area contributed by atoms with Gasteiger partial charge < -0.3 is 4.90 Å². The molecule has 0 radical (unpaired) electrons. The van der Waals surface area contributed by atoms with Gasteiger partial charge in [0.15, 0.2) is 0 Å². The lowest BCUT2D eigenvalue weighted by Crippen LogP contribution is -2.38. The molecule has 2 rings (SSSR count). The Morgan fingerprint density at radius 2 is 2.05 bits per heavy atom. The van der Waals surface area contributed by atoms with Crippen LogP contribution in [0.3, 0.4) is 0 Å². The number of azide groups is 1. The van der Waals surface area contributed by atoms with Crippen molar-refractivity contribution < 1.29 is 4.79 Å². The number of amides is 1. The summed E-state index contributed by atoms with van der Waals surface area (Å²) in [5.74, 6) is -0.0223. The van der Waals surface area contributed by atoms with E-state index in [0.29, 0.717) is 0 Å². The van der Waals surface area contributed by atoms with Crippen molar-refractivity contribution >= 4 is 11.6 Å². The molecule has 1 aliphatic rings. The van der Waals surface area contributed by atoms with Gasteiger partial charge in [-0.2, -0.15) is 0 Å². The van der Waals surface area contributed by atoms with Gasteiger partial charge in [0.05, 0.1) is 5.41 Å². The molecule has 0 fully saturated rings. The van der Waals surface area contributed by atoms with Crippen molar-refractivity contribution in [2.75, 3.05) is 18.5 Å². The molecular formula is C15H20N4O. The first-order valence-corrected chi connectivity index (χ1v) is 6.66. The zero-order chi connectivity index (χ0) is 15.1. The molecule has 1 unspecified atom stereocenters. The molecule has 0 saturated heterocycles. The van der Waals surface area contributed by atoms with E-state index in [1.165, 1.54) is 5.56 Å². The molecule has 1 aromatic rings. The smallest absolute Gasteiger partial charge is 0.237 e. The van der Waals surface area contributed by atoms with Crippen LogP contribution in [0.4, 0.5) is 5.69 Å². The van der Waals surface area contributed by atoms with E-state index in [2.05, 4.69) is 42.9 Å². The number of nitrogens with zero attached hydrogens (tertiary/aromatic N) is 4. The minimum Gasteiger partial charge on any atom is -0.314 e. The molecule has 0 aromatic heterocycles. The number of rotatable bonds is 2. The zero-order valence-corrected chi connectivity index (χ0v) is 12.6. The Morgan fingerprint density at radius 1 is 1.40 bits per heavy atom. The van der Waals surface area contributed by atoms with Crippen molar-refractivity contribution in [2.45, 2.75) is 38.5 Å². The van der Waals surface area contributed by atoms with Gasteiger partial charge in [-0.3, -0.25) is 4.79 Å². The highest BCUT2D eigenvalue weighted by Crippen LogP contribution is 2.43. The summed E-state index contributed by atoms with van der Waals surface area (Å²) in [5.41, 5.74) is 10.8. The number of anilines is 1. The molecule has 0 spiro atoms. The maximum atomic E-state index is 12.5. The second-order valence-corrected chi connectivity index (χ2v) is 6.57. The van der Waals surface area contributed by atoms with Crippen LogP contribution in [0.2, 0.25) is 0 Å². The van der Waals surface area contributed by atoms with Gasteiger partial charge in [-0.05, 0) is 35.1 Å². The van der Waals surface area contributed by atoms with Crippen LogP contribution in [0.1, 0.15) is 38.8 Å². The van der Waals surface area contributed by atoms with Gasteiger partial charge in [0.2, 0.25) is 5.91 Å². The van der Waals surface area contributed by atoms with Crippen LogP contribution in [0.25, 0.3) is 10.4 Å². The Morgan fingerprint density at radius 3 is 2.60 bits per heavy atom. The summed E-state index contributed by atoms with van der Waals surface area (Å²) >= 11 is 0. The standard InChI is InChI=1S/C15H20N4O/c1-14(2,3)10-6-7-12-11(8-10)15(4,9-17-18-16)13(20)19(12)5/h6-8H,9H2,1-5H3. The SMILES string of the molecule is CN1C(=O)C(C)(CN=[N+]=[N-])c2cc(C(C)(C)C)ccc21. The fourth-order valence-electron chi connectivity index (χ4n) is 2.66. The molecule has 0 N–H and O–H groups in total. The third-order valence-corrected chi connectivity index (χ3v) is 4.05. The number of carbonyl (C=O) groups is 1. The van der Waals surface area contributed by atoms with Crippen LogP contribution in [-0.4, -0.2) is 19.5 Å². The van der Waals surface area contributed by atoms with Crippen LogP contribution in [0, 0.1) is 0 Å². The molecule has 5 heteroatoms. The Balaban J connectivity index is 2.62. The fourth-order valence-corrected chi connectivity index (χ4v) is 2.66. The summed E-state index contributed by atoms with van der Waals surface area (Å²) in [6, 6.07) is 6.11. The number of fused-ring (bicyclic) bond motifs is 1. The van der Waals surface area contributed by atoms with Crippen molar-refractivity contribution in [1.82, 2.24) is 0 Å². The Labute approximate surface area is 119 Å². The van der Waals surface area contributed by atoms with E-state index in [4.69, 9.17) is 5.53 Å². The number of hydrogen-bond donors (Lipinski definition) is 0. The summed E-state index contributed by atoms with van der Waals surface area (Å²) in [6.45, 7) is 8.41. The van der Waals surface area contributed by atoms with Gasteiger partial charge in [0.25, 0.3) is 0 Å². The van der Waals surface area contributed by atoms with E-state index in [0.717, 1.165) is 11.3 Å². The van der Waals surface area contributed by atoms with Crippen LogP contribution in [0.15, 0.2) is 23.3 Å². The molecule has 1 atom stereocenters. The van der Waals surface area contributed by atoms with Crippen LogP contribution in [-0.2, 0) is 15.6 Å². The minimum atomic E-state index is -0.766. The van der Waals surface area contributed by atoms with Gasteiger partial charge in [-0.15, -0.1) is 0 Å². The van der Waals surface area contributed by atoms with E-state index in [9.17, 15) is 4.79 Å². The summed E-state index contributed by atoms with van der Waals surface area (Å²) in [6.07, 6.45) is 0. The predicted molar refractivity (Wildman–Crippen MR) is 79.9 cm³/mol. The summed E-state index contributed by atoms with van der Waals surface area (Å²) in [5, 5.41) is 3.63. The molecule has 1 amide bonds. The maximum Gasteiger partial charge on any atom is 0.237 e. The van der Waals surface area contributed by atoms with Crippen molar-refractivity contribution in [3.05, 3.63) is 39.8 Å². The second kappa shape index (κ2) is 4.53. The normalized spacial score (nSPS) is 21.6. The second-order valence-electron chi connectivity index (χ2n) is 6.57. The minimum absolute atomic E-state index is 0.0125. The first kappa shape index (κ1) is 14.4. The van der Waals surface area contributed by atoms with Gasteiger partial charge in [-0.25, -0.2) is 0 Å². The van der Waals surface area contributed by atoms with E-state index in [1.807, 2.05) is 13.0 Å². The van der Waals surface area contributed by atoms with Gasteiger partial charge in [0.1, 0.15) is 0 Å². The fraction of sp³-hybridized carbons (Fsp3) is 0.533. The Bertz CT molecular complexity index is 611. The van der Waals surface area contributed by atoms with Crippen LogP contribution in [0.5, 0.6) is 0 Å². The lowest BCUT2D eigenvalue weighted by Gasteiger charge is -2.24. The maximum absolute atomic E-state index is 12.5. The summed E-state index contributed by atoms with van der Waals surface area (Å²) in [7, 11) is 1.76. The average Bonchev–Trinajstić information content (AvgIpc) is 2.58. The molecule has 106 valence electrons. The molecule has 0 aliphatic carbocycles. The van der Waals surface area contributed by atoms with E-state index >= 15 is 0 Å². The number of hydrogen-bond acceptors (Lipinski definition) is 2. The number of likely N-dealkylation sites (N-methyl/N-ethyl adjacent to an activating group) is 1. The molecule has 0 saturated carbocycles. The molecular weight excluding hydrogens is 252 g/mol. The highest BCUT2D eigenvalue weighted by Gasteiger charge is 2.45. The summed E-state index contributed by atoms with van der Waals surface area (Å²) < 4.78 is 0. The zero-order valence-electron chi connectivity index (χ0n) is 12.6. The van der Waals surface area contributed by atoms with Crippen molar-refractivity contribution in [3.8, 4) is 0 Å². The van der Waals surface area contributed by atoms with Crippen LogP contribution >= 0.6 is 0 Å². The van der Waals surface area contributed by atoms with Crippen LogP contribution < -0.4 is 4.90 Å². The Hall–Kier alpha value is -2.00. The van der Waals surface area contributed by atoms with Gasteiger partial charge >= 0.3 is 0 Å². The molecule has 1 aromatic carbocycles. The number of carbonyl (C=O) groups excluding carboxylic acids is 1. The van der Waals surface area contributed by atoms with Crippen molar-refractivity contribution in [3.63, 3.8) is 0 Å². The van der Waals surface area contributed by atoms with Gasteiger partial charge in [0, 0.05) is 24.2 Å². The molecule has 1 heterocycles. The van der Waals surface area contributed by atoms with Gasteiger partial charge in [-0.1, -0.05) is 38.0 Å². The quantitative estimate of drug-likeness (QED) is 0.461. The highest BCUT2D eigenvalue weighted by atomic mass is 16.2. The van der Waals surface area contributed by atoms with Crippen molar-refractivity contribution in [2.24, 2.45) is 5.11 Å². The molecule has 1 aliphatic heterocycles. The molecule has 5 nitrogen and oxygen atoms in total. The largest absolute Gasteiger partial charge is 0.314 e. The monoisotopic (exact) mass is 272 g/mol. The third kappa shape index (κ3) is 2.04. The number of benzene rings is 1. The highest BCUT2D eigenvalue weighted by molar-refractivity contribution is 6.07. The first-order valence-electron chi connectivity index (χ1n) is 6.66. The van der Waals surface area contributed by atoms with E-state index in [-0.39, 0.29) is 17.9 Å². The lowest BCUT2D eigenvalue weighted by molar-refractivity contribution is -0.122. The lowest BCUT2D eigenvalue weighted by atomic mass is 9.79. The Kier molecular flexibility index (Phi) is 3.26. The third-order valence-electron chi connectivity index (χ3n) is 4.05. The van der Waals surface area contributed by atoms with Crippen molar-refractivity contribution in [1.29, 1.82) is 0 Å². The summed E-state index contributed by atoms with van der Waals surface area (Å²) in [4.78, 5) is 16.9. The topological polar surface area (TPSA) is 69.1 Å². The van der Waals surface area contributed by atoms with E-state index in [1.54, 1.807) is 11.9 Å². The van der Waals surface area contributed by atoms with E-state index < -0.39 is 5.41 Å².